The van der Waals surface area contributed by atoms with E-state index in [0.717, 1.165) is 0 Å². The summed E-state index contributed by atoms with van der Waals surface area (Å²) in [4.78, 5) is 21.0. The summed E-state index contributed by atoms with van der Waals surface area (Å²) >= 11 is 0. The quantitative estimate of drug-likeness (QED) is 0.625. The highest BCUT2D eigenvalue weighted by Gasteiger charge is 2.03. The third kappa shape index (κ3) is 1.28. The summed E-state index contributed by atoms with van der Waals surface area (Å²) in [6, 6.07) is 0. The average molecular weight is 178 g/mol. The van der Waals surface area contributed by atoms with E-state index >= 15 is 0 Å². The molecule has 0 aliphatic carbocycles. The molecule has 0 unspecified atom stereocenters. The molecule has 0 saturated heterocycles. The van der Waals surface area contributed by atoms with Crippen molar-refractivity contribution >= 4 is 0 Å². The van der Waals surface area contributed by atoms with Gasteiger partial charge in [-0.25, -0.2) is 14.3 Å². The number of aromatic hydroxyl groups is 1. The Hall–Kier alpha value is -2.11. The molecule has 2 aromatic rings. The van der Waals surface area contributed by atoms with Crippen LogP contribution in [0.25, 0.3) is 5.82 Å². The highest BCUT2D eigenvalue weighted by atomic mass is 16.3. The summed E-state index contributed by atoms with van der Waals surface area (Å²) in [5.41, 5.74) is -0.446. The van der Waals surface area contributed by atoms with Crippen molar-refractivity contribution in [1.82, 2.24) is 19.5 Å². The molecule has 0 spiro atoms. The predicted molar refractivity (Wildman–Crippen MR) is 43.6 cm³/mol. The molecule has 6 nitrogen and oxygen atoms in total. The standard InChI is InChI=1S/C7H6N4O2/c12-6-4-11(7(13)10-6)5-3-8-1-2-9-5/h1-4,12H,(H,10,13). The molecule has 0 amide bonds. The molecule has 0 radical (unpaired) electrons. The molecule has 6 heteroatoms. The Balaban J connectivity index is 2.59. The van der Waals surface area contributed by atoms with Crippen molar-refractivity contribution in [2.24, 2.45) is 0 Å². The number of aromatic nitrogens is 4. The van der Waals surface area contributed by atoms with Gasteiger partial charge in [-0.05, 0) is 0 Å². The van der Waals surface area contributed by atoms with Crippen LogP contribution in [-0.4, -0.2) is 24.6 Å². The number of nitrogens with one attached hydrogen (secondary N) is 1. The van der Waals surface area contributed by atoms with Crippen LogP contribution in [0.3, 0.4) is 0 Å². The van der Waals surface area contributed by atoms with E-state index in [1.54, 1.807) is 0 Å². The van der Waals surface area contributed by atoms with Crippen LogP contribution in [0, 0.1) is 0 Å². The van der Waals surface area contributed by atoms with Crippen molar-refractivity contribution in [1.29, 1.82) is 0 Å². The zero-order valence-corrected chi connectivity index (χ0v) is 6.51. The molecule has 0 saturated carbocycles. The van der Waals surface area contributed by atoms with E-state index in [2.05, 4.69) is 15.0 Å². The van der Waals surface area contributed by atoms with Crippen molar-refractivity contribution in [3.05, 3.63) is 35.3 Å². The van der Waals surface area contributed by atoms with Gasteiger partial charge in [-0.2, -0.15) is 0 Å². The van der Waals surface area contributed by atoms with Crippen LogP contribution in [0.2, 0.25) is 0 Å². The minimum Gasteiger partial charge on any atom is -0.493 e. The molecular formula is C7H6N4O2. The predicted octanol–water partition coefficient (Wildman–Crippen LogP) is -0.339. The van der Waals surface area contributed by atoms with Crippen molar-refractivity contribution in [2.75, 3.05) is 0 Å². The average Bonchev–Trinajstić information content (AvgIpc) is 2.47. The third-order valence-corrected chi connectivity index (χ3v) is 1.50. The molecule has 0 aliphatic heterocycles. The summed E-state index contributed by atoms with van der Waals surface area (Å²) in [6.07, 6.45) is 5.63. The Morgan fingerprint density at radius 3 is 2.85 bits per heavy atom. The molecule has 2 heterocycles. The molecule has 0 bridgehead atoms. The van der Waals surface area contributed by atoms with E-state index in [9.17, 15) is 4.79 Å². The van der Waals surface area contributed by atoms with Crippen molar-refractivity contribution in [3.63, 3.8) is 0 Å². The first kappa shape index (κ1) is 7.53. The van der Waals surface area contributed by atoms with Gasteiger partial charge in [-0.3, -0.25) is 9.97 Å². The second-order valence-corrected chi connectivity index (χ2v) is 2.38. The highest BCUT2D eigenvalue weighted by Crippen LogP contribution is 2.02. The lowest BCUT2D eigenvalue weighted by atomic mass is 10.6. The molecule has 2 N–H and O–H groups in total. The van der Waals surface area contributed by atoms with Crippen LogP contribution in [0.4, 0.5) is 0 Å². The molecule has 0 fully saturated rings. The van der Waals surface area contributed by atoms with Crippen LogP contribution in [0.1, 0.15) is 0 Å². The minimum absolute atomic E-state index is 0.198. The number of hydrogen-bond donors (Lipinski definition) is 2. The maximum Gasteiger partial charge on any atom is 0.334 e. The zero-order chi connectivity index (χ0) is 9.26. The molecule has 2 rings (SSSR count). The normalized spacial score (nSPS) is 10.2. The lowest BCUT2D eigenvalue weighted by molar-refractivity contribution is 0.455. The number of rotatable bonds is 1. The van der Waals surface area contributed by atoms with E-state index in [4.69, 9.17) is 5.11 Å². The summed E-state index contributed by atoms with van der Waals surface area (Å²) in [5, 5.41) is 8.97. The second kappa shape index (κ2) is 2.74. The smallest absolute Gasteiger partial charge is 0.334 e. The second-order valence-electron chi connectivity index (χ2n) is 2.38. The van der Waals surface area contributed by atoms with E-state index in [-0.39, 0.29) is 5.88 Å². The van der Waals surface area contributed by atoms with Crippen molar-refractivity contribution < 1.29 is 5.11 Å². The Morgan fingerprint density at radius 1 is 1.46 bits per heavy atom. The molecule has 0 aliphatic rings. The van der Waals surface area contributed by atoms with E-state index in [1.807, 2.05) is 0 Å². The Labute approximate surface area is 72.5 Å². The SMILES string of the molecule is O=c1[nH]c(O)cn1-c1cnccn1. The fourth-order valence-electron chi connectivity index (χ4n) is 0.969. The maximum absolute atomic E-state index is 11.1. The van der Waals surface area contributed by atoms with Gasteiger partial charge in [0.1, 0.15) is 0 Å². The molecule has 0 atom stereocenters. The van der Waals surface area contributed by atoms with Gasteiger partial charge in [0.2, 0.25) is 5.88 Å². The fourth-order valence-corrected chi connectivity index (χ4v) is 0.969. The molecule has 2 aromatic heterocycles. The fraction of sp³-hybridized carbons (Fsp3) is 0. The molecule has 0 aromatic carbocycles. The number of aromatic amines is 1. The van der Waals surface area contributed by atoms with Gasteiger partial charge < -0.3 is 5.11 Å². The lowest BCUT2D eigenvalue weighted by Crippen LogP contribution is -2.15. The van der Waals surface area contributed by atoms with Gasteiger partial charge in [-0.15, -0.1) is 0 Å². The monoisotopic (exact) mass is 178 g/mol. The van der Waals surface area contributed by atoms with E-state index in [0.29, 0.717) is 5.82 Å². The first-order valence-electron chi connectivity index (χ1n) is 3.54. The van der Waals surface area contributed by atoms with Crippen LogP contribution in [0.15, 0.2) is 29.6 Å². The number of H-pyrrole nitrogens is 1. The maximum atomic E-state index is 11.1. The van der Waals surface area contributed by atoms with Crippen LogP contribution >= 0.6 is 0 Å². The van der Waals surface area contributed by atoms with Crippen molar-refractivity contribution in [3.8, 4) is 11.7 Å². The van der Waals surface area contributed by atoms with Gasteiger partial charge in [-0.1, -0.05) is 0 Å². The van der Waals surface area contributed by atoms with Gasteiger partial charge in [0.05, 0.1) is 12.4 Å². The summed E-state index contributed by atoms with van der Waals surface area (Å²) < 4.78 is 1.17. The van der Waals surface area contributed by atoms with Gasteiger partial charge in [0.25, 0.3) is 0 Å². The minimum atomic E-state index is -0.446. The molecule has 13 heavy (non-hydrogen) atoms. The Bertz CT molecular complexity index is 459. The number of hydrogen-bond acceptors (Lipinski definition) is 4. The first-order valence-corrected chi connectivity index (χ1v) is 3.54. The largest absolute Gasteiger partial charge is 0.493 e. The summed E-state index contributed by atoms with van der Waals surface area (Å²) in [6.45, 7) is 0. The van der Waals surface area contributed by atoms with Gasteiger partial charge >= 0.3 is 5.69 Å². The Morgan fingerprint density at radius 2 is 2.31 bits per heavy atom. The Kier molecular flexibility index (Phi) is 1.59. The summed E-state index contributed by atoms with van der Waals surface area (Å²) in [5.74, 6) is 0.166. The van der Waals surface area contributed by atoms with Gasteiger partial charge in [0.15, 0.2) is 5.82 Å². The van der Waals surface area contributed by atoms with Crippen LogP contribution < -0.4 is 5.69 Å². The van der Waals surface area contributed by atoms with Gasteiger partial charge in [0, 0.05) is 12.4 Å². The molecule has 66 valence electrons. The molecular weight excluding hydrogens is 172 g/mol. The zero-order valence-electron chi connectivity index (χ0n) is 6.51. The summed E-state index contributed by atoms with van der Waals surface area (Å²) in [7, 11) is 0. The van der Waals surface area contributed by atoms with E-state index < -0.39 is 5.69 Å². The number of imidazole rings is 1. The lowest BCUT2D eigenvalue weighted by Gasteiger charge is -1.95. The van der Waals surface area contributed by atoms with Crippen LogP contribution in [-0.2, 0) is 0 Å². The van der Waals surface area contributed by atoms with E-state index in [1.165, 1.54) is 29.4 Å². The third-order valence-electron chi connectivity index (χ3n) is 1.50. The topological polar surface area (TPSA) is 83.8 Å². The number of nitrogens with zero attached hydrogens (tertiary/aromatic N) is 3. The highest BCUT2D eigenvalue weighted by molar-refractivity contribution is 5.20. The first-order chi connectivity index (χ1) is 6.27. The van der Waals surface area contributed by atoms with Crippen molar-refractivity contribution in [2.45, 2.75) is 0 Å². The van der Waals surface area contributed by atoms with Crippen LogP contribution in [0.5, 0.6) is 5.88 Å².